The molecule has 1 rings (SSSR count). The van der Waals surface area contributed by atoms with Gasteiger partial charge in [-0.25, -0.2) is 4.39 Å². The summed E-state index contributed by atoms with van der Waals surface area (Å²) in [5.41, 5.74) is -0.977. The fourth-order valence-electron chi connectivity index (χ4n) is 1.08. The van der Waals surface area contributed by atoms with Gasteiger partial charge in [-0.1, -0.05) is 13.8 Å². The number of nitro benzene ring substituents is 1. The predicted molar refractivity (Wildman–Crippen MR) is 58.4 cm³/mol. The molecule has 0 aliphatic heterocycles. The fourth-order valence-corrected chi connectivity index (χ4v) is 1.08. The Labute approximate surface area is 102 Å². The molecule has 0 unspecified atom stereocenters. The summed E-state index contributed by atoms with van der Waals surface area (Å²) >= 11 is 0. The molecule has 7 heteroatoms. The lowest BCUT2D eigenvalue weighted by Crippen LogP contribution is -2.17. The summed E-state index contributed by atoms with van der Waals surface area (Å²) in [7, 11) is 0. The van der Waals surface area contributed by atoms with Crippen molar-refractivity contribution in [2.24, 2.45) is 5.92 Å². The molecular formula is C11H11F2NO4. The number of hydrogen-bond acceptors (Lipinski definition) is 4. The van der Waals surface area contributed by atoms with E-state index in [0.29, 0.717) is 12.1 Å². The minimum Gasteiger partial charge on any atom is -0.483 e. The molecule has 18 heavy (non-hydrogen) atoms. The van der Waals surface area contributed by atoms with E-state index in [9.17, 15) is 23.7 Å². The first kappa shape index (κ1) is 14.0. The normalized spacial score (nSPS) is 10.5. The summed E-state index contributed by atoms with van der Waals surface area (Å²) in [6.07, 6.45) is 0. The summed E-state index contributed by atoms with van der Waals surface area (Å²) < 4.78 is 31.3. The number of rotatable bonds is 5. The molecule has 0 saturated carbocycles. The maximum atomic E-state index is 13.3. The van der Waals surface area contributed by atoms with E-state index in [0.717, 1.165) is 0 Å². The third-order valence-corrected chi connectivity index (χ3v) is 2.21. The summed E-state index contributed by atoms with van der Waals surface area (Å²) in [4.78, 5) is 20.5. The molecule has 0 atom stereocenters. The van der Waals surface area contributed by atoms with Crippen molar-refractivity contribution in [3.05, 3.63) is 33.9 Å². The molecule has 0 radical (unpaired) electrons. The number of hydrogen-bond donors (Lipinski definition) is 0. The van der Waals surface area contributed by atoms with Gasteiger partial charge in [0.05, 0.1) is 11.0 Å². The quantitative estimate of drug-likeness (QED) is 0.601. The van der Waals surface area contributed by atoms with Crippen molar-refractivity contribution in [3.8, 4) is 5.75 Å². The SMILES string of the molecule is CC(C)C(=O)COc1cc(F)c([N+](=O)[O-])cc1F. The number of carbonyl (C=O) groups excluding carboxylic acids is 1. The molecule has 0 bridgehead atoms. The van der Waals surface area contributed by atoms with Crippen LogP contribution in [0.3, 0.4) is 0 Å². The third-order valence-electron chi connectivity index (χ3n) is 2.21. The van der Waals surface area contributed by atoms with Crippen LogP contribution in [0.25, 0.3) is 0 Å². The van der Waals surface area contributed by atoms with Crippen LogP contribution in [0.2, 0.25) is 0 Å². The Balaban J connectivity index is 2.89. The van der Waals surface area contributed by atoms with Crippen molar-refractivity contribution >= 4 is 11.5 Å². The second kappa shape index (κ2) is 5.52. The Morgan fingerprint density at radius 3 is 2.50 bits per heavy atom. The summed E-state index contributed by atoms with van der Waals surface area (Å²) in [6, 6.07) is 0.978. The fraction of sp³-hybridized carbons (Fsp3) is 0.364. The van der Waals surface area contributed by atoms with Crippen molar-refractivity contribution in [3.63, 3.8) is 0 Å². The van der Waals surface area contributed by atoms with Crippen LogP contribution in [0.1, 0.15) is 13.8 Å². The van der Waals surface area contributed by atoms with Crippen LogP contribution >= 0.6 is 0 Å². The number of nitro groups is 1. The van der Waals surface area contributed by atoms with Crippen LogP contribution in [0.5, 0.6) is 5.75 Å². The van der Waals surface area contributed by atoms with E-state index < -0.39 is 34.6 Å². The second-order valence-corrected chi connectivity index (χ2v) is 3.90. The minimum absolute atomic E-state index is 0.284. The topological polar surface area (TPSA) is 69.4 Å². The van der Waals surface area contributed by atoms with E-state index in [2.05, 4.69) is 0 Å². The van der Waals surface area contributed by atoms with Crippen LogP contribution in [0.15, 0.2) is 12.1 Å². The van der Waals surface area contributed by atoms with Gasteiger partial charge >= 0.3 is 5.69 Å². The molecule has 1 aromatic rings. The van der Waals surface area contributed by atoms with Crippen molar-refractivity contribution in [1.82, 2.24) is 0 Å². The molecule has 0 saturated heterocycles. The summed E-state index contributed by atoms with van der Waals surface area (Å²) in [5.74, 6) is -3.40. The monoisotopic (exact) mass is 259 g/mol. The highest BCUT2D eigenvalue weighted by atomic mass is 19.1. The van der Waals surface area contributed by atoms with Gasteiger partial charge in [0.15, 0.2) is 17.3 Å². The molecule has 1 aromatic carbocycles. The number of Topliss-reactive ketones (excluding diaryl/α,β-unsaturated/α-hetero) is 1. The molecule has 0 N–H and O–H groups in total. The molecule has 0 aromatic heterocycles. The van der Waals surface area contributed by atoms with E-state index in [1.165, 1.54) is 0 Å². The van der Waals surface area contributed by atoms with Crippen molar-refractivity contribution in [2.45, 2.75) is 13.8 Å². The first-order valence-electron chi connectivity index (χ1n) is 5.12. The Morgan fingerprint density at radius 1 is 1.39 bits per heavy atom. The van der Waals surface area contributed by atoms with Gasteiger partial charge in [-0.05, 0) is 0 Å². The first-order valence-corrected chi connectivity index (χ1v) is 5.12. The van der Waals surface area contributed by atoms with Gasteiger partial charge in [-0.15, -0.1) is 0 Å². The molecule has 0 amide bonds. The molecule has 0 aliphatic carbocycles. The Kier molecular flexibility index (Phi) is 4.30. The standard InChI is InChI=1S/C11H11F2NO4/c1-6(2)10(15)5-18-11-4-7(12)9(14(16)17)3-8(11)13/h3-4,6H,5H2,1-2H3. The zero-order chi connectivity index (χ0) is 13.9. The average molecular weight is 259 g/mol. The van der Waals surface area contributed by atoms with E-state index in [4.69, 9.17) is 4.74 Å². The number of halogens is 2. The van der Waals surface area contributed by atoms with Crippen LogP contribution in [-0.2, 0) is 4.79 Å². The Bertz CT molecular complexity index is 488. The number of ether oxygens (including phenoxy) is 1. The summed E-state index contributed by atoms with van der Waals surface area (Å²) in [5, 5.41) is 10.3. The van der Waals surface area contributed by atoms with Gasteiger partial charge in [0.1, 0.15) is 6.61 Å². The number of carbonyl (C=O) groups is 1. The maximum Gasteiger partial charge on any atom is 0.307 e. The van der Waals surface area contributed by atoms with Crippen LogP contribution < -0.4 is 4.74 Å². The smallest absolute Gasteiger partial charge is 0.307 e. The lowest BCUT2D eigenvalue weighted by atomic mass is 10.1. The largest absolute Gasteiger partial charge is 0.483 e. The number of benzene rings is 1. The van der Waals surface area contributed by atoms with Gasteiger partial charge in [-0.2, -0.15) is 4.39 Å². The Hall–Kier alpha value is -2.05. The number of nitrogens with zero attached hydrogens (tertiary/aromatic N) is 1. The van der Waals surface area contributed by atoms with Gasteiger partial charge in [0.2, 0.25) is 5.82 Å². The molecular weight excluding hydrogens is 248 g/mol. The molecule has 98 valence electrons. The first-order chi connectivity index (χ1) is 8.32. The highest BCUT2D eigenvalue weighted by Crippen LogP contribution is 2.26. The highest BCUT2D eigenvalue weighted by Gasteiger charge is 2.20. The van der Waals surface area contributed by atoms with E-state index in [1.54, 1.807) is 13.8 Å². The van der Waals surface area contributed by atoms with Crippen molar-refractivity contribution in [2.75, 3.05) is 6.61 Å². The molecule has 5 nitrogen and oxygen atoms in total. The zero-order valence-corrected chi connectivity index (χ0v) is 9.78. The second-order valence-electron chi connectivity index (χ2n) is 3.90. The van der Waals surface area contributed by atoms with Crippen LogP contribution in [-0.4, -0.2) is 17.3 Å². The Morgan fingerprint density at radius 2 is 2.00 bits per heavy atom. The van der Waals surface area contributed by atoms with Gasteiger partial charge in [0, 0.05) is 12.0 Å². The minimum atomic E-state index is -1.21. The van der Waals surface area contributed by atoms with E-state index in [1.807, 2.05) is 0 Å². The summed E-state index contributed by atoms with van der Waals surface area (Å²) in [6.45, 7) is 2.86. The van der Waals surface area contributed by atoms with Gasteiger partial charge in [0.25, 0.3) is 0 Å². The predicted octanol–water partition coefficient (Wildman–Crippen LogP) is 2.48. The maximum absolute atomic E-state index is 13.3. The van der Waals surface area contributed by atoms with Crippen molar-refractivity contribution < 1.29 is 23.2 Å². The van der Waals surface area contributed by atoms with Crippen LogP contribution in [0, 0.1) is 27.7 Å². The van der Waals surface area contributed by atoms with E-state index >= 15 is 0 Å². The average Bonchev–Trinajstić information content (AvgIpc) is 2.28. The van der Waals surface area contributed by atoms with E-state index in [-0.39, 0.29) is 11.7 Å². The molecule has 0 spiro atoms. The lowest BCUT2D eigenvalue weighted by Gasteiger charge is -2.08. The van der Waals surface area contributed by atoms with Crippen molar-refractivity contribution in [1.29, 1.82) is 0 Å². The molecule has 0 heterocycles. The lowest BCUT2D eigenvalue weighted by molar-refractivity contribution is -0.387. The van der Waals surface area contributed by atoms with Gasteiger partial charge in [-0.3, -0.25) is 14.9 Å². The van der Waals surface area contributed by atoms with Crippen LogP contribution in [0.4, 0.5) is 14.5 Å². The number of ketones is 1. The third kappa shape index (κ3) is 3.22. The zero-order valence-electron chi connectivity index (χ0n) is 9.78. The molecule has 0 fully saturated rings. The molecule has 0 aliphatic rings. The highest BCUT2D eigenvalue weighted by molar-refractivity contribution is 5.81. The van der Waals surface area contributed by atoms with Gasteiger partial charge < -0.3 is 4.74 Å².